The summed E-state index contributed by atoms with van der Waals surface area (Å²) >= 11 is 0. The maximum absolute atomic E-state index is 2.82. The molecule has 0 fully saturated rings. The Morgan fingerprint density at radius 1 is 0.231 bits per heavy atom. The SMILES string of the molecule is [B]([P+](c1ccccc1)(c1ccccc1)c1ccccc1)[P+](c1ccccc1)(c1ccccc1)c1ccccc1. The smallest absolute Gasteiger partial charge is 0.0620 e. The molecule has 0 atom stereocenters. The first kappa shape index (κ1) is 25.5. The lowest BCUT2D eigenvalue weighted by atomic mass is 10.3. The van der Waals surface area contributed by atoms with Gasteiger partial charge in [0, 0.05) is 0 Å². The Morgan fingerprint density at radius 3 is 0.538 bits per heavy atom. The van der Waals surface area contributed by atoms with Crippen molar-refractivity contribution in [2.75, 3.05) is 0 Å². The van der Waals surface area contributed by atoms with Crippen molar-refractivity contribution in [3.05, 3.63) is 182 Å². The van der Waals surface area contributed by atoms with E-state index in [1.807, 2.05) is 0 Å². The lowest BCUT2D eigenvalue weighted by molar-refractivity contribution is 1.73. The van der Waals surface area contributed by atoms with E-state index in [1.54, 1.807) is 0 Å². The van der Waals surface area contributed by atoms with Crippen molar-refractivity contribution in [3.63, 3.8) is 0 Å². The quantitative estimate of drug-likeness (QED) is 0.154. The molecule has 0 amide bonds. The normalized spacial score (nSPS) is 11.6. The van der Waals surface area contributed by atoms with Gasteiger partial charge in [-0.05, 0) is 72.8 Å². The van der Waals surface area contributed by atoms with E-state index in [9.17, 15) is 0 Å². The molecule has 1 radical (unpaired) electrons. The van der Waals surface area contributed by atoms with Crippen LogP contribution in [0.1, 0.15) is 0 Å². The molecule has 0 aliphatic heterocycles. The molecule has 0 aromatic heterocycles. The fourth-order valence-corrected chi connectivity index (χ4v) is 16.5. The minimum absolute atomic E-state index is 1.37. The Balaban J connectivity index is 1.76. The topological polar surface area (TPSA) is 0 Å². The largest absolute Gasteiger partial charge is 0.623 e. The Labute approximate surface area is 234 Å². The molecule has 6 aromatic carbocycles. The fourth-order valence-electron chi connectivity index (χ4n) is 5.53. The van der Waals surface area contributed by atoms with E-state index in [1.165, 1.54) is 31.8 Å². The second-order valence-electron chi connectivity index (χ2n) is 9.57. The van der Waals surface area contributed by atoms with Gasteiger partial charge in [0.15, 0.2) is 0 Å². The maximum atomic E-state index is 2.82. The molecule has 0 saturated carbocycles. The van der Waals surface area contributed by atoms with Gasteiger partial charge in [0.25, 0.3) is 0 Å². The molecule has 0 nitrogen and oxygen atoms in total. The van der Waals surface area contributed by atoms with E-state index in [4.69, 9.17) is 0 Å². The van der Waals surface area contributed by atoms with Crippen molar-refractivity contribution in [1.82, 2.24) is 0 Å². The summed E-state index contributed by atoms with van der Waals surface area (Å²) in [5.74, 6) is 0. The zero-order valence-electron chi connectivity index (χ0n) is 21.8. The first-order valence-corrected chi connectivity index (χ1v) is 17.0. The second-order valence-corrected chi connectivity index (χ2v) is 16.5. The molecule has 39 heavy (non-hydrogen) atoms. The predicted molar refractivity (Wildman–Crippen MR) is 176 cm³/mol. The van der Waals surface area contributed by atoms with Gasteiger partial charge in [-0.25, -0.2) is 0 Å². The molecule has 0 bridgehead atoms. The number of rotatable bonds is 8. The number of hydrogen-bond acceptors (Lipinski definition) is 0. The van der Waals surface area contributed by atoms with Crippen LogP contribution in [0.15, 0.2) is 182 Å². The van der Waals surface area contributed by atoms with Crippen LogP contribution in [0.3, 0.4) is 0 Å². The molecular formula is C36H30BP2+2. The van der Waals surface area contributed by atoms with Crippen molar-refractivity contribution in [2.45, 2.75) is 0 Å². The predicted octanol–water partition coefficient (Wildman–Crippen LogP) is 6.51. The highest BCUT2D eigenvalue weighted by molar-refractivity contribution is 8.41. The summed E-state index contributed by atoms with van der Waals surface area (Å²) in [5.41, 5.74) is 0. The van der Waals surface area contributed by atoms with Crippen molar-refractivity contribution in [1.29, 1.82) is 0 Å². The fraction of sp³-hybridized carbons (Fsp3) is 0. The van der Waals surface area contributed by atoms with Crippen LogP contribution in [0.4, 0.5) is 0 Å². The average Bonchev–Trinajstić information content (AvgIpc) is 3.04. The minimum atomic E-state index is -2.25. The Morgan fingerprint density at radius 2 is 0.385 bits per heavy atom. The van der Waals surface area contributed by atoms with Crippen LogP contribution in [0, 0.1) is 0 Å². The highest BCUT2D eigenvalue weighted by atomic mass is 31.2. The van der Waals surface area contributed by atoms with E-state index >= 15 is 0 Å². The standard InChI is InChI=1S/C36H30BP2/c1-7-19-31(20-8-1)38(32-21-9-2-10-22-32,33-23-11-3-12-24-33)37-39(34-25-13-4-14-26-34,35-27-15-5-16-28-35)36-29-17-6-18-30-36/h1-30H/q+2. The third-order valence-electron chi connectivity index (χ3n) is 7.33. The van der Waals surface area contributed by atoms with Crippen LogP contribution < -0.4 is 31.8 Å². The summed E-state index contributed by atoms with van der Waals surface area (Å²) in [6, 6.07) is 67.1. The van der Waals surface area contributed by atoms with Crippen LogP contribution in [0.25, 0.3) is 0 Å². The van der Waals surface area contributed by atoms with Gasteiger partial charge >= 0.3 is 6.72 Å². The summed E-state index contributed by atoms with van der Waals surface area (Å²) < 4.78 is 0. The Bertz CT molecular complexity index is 1270. The zero-order chi connectivity index (χ0) is 26.4. The van der Waals surface area contributed by atoms with Crippen molar-refractivity contribution < 1.29 is 0 Å². The molecule has 6 rings (SSSR count). The van der Waals surface area contributed by atoms with Crippen LogP contribution in [0.2, 0.25) is 0 Å². The first-order valence-electron chi connectivity index (χ1n) is 13.3. The molecule has 0 heterocycles. The summed E-state index contributed by atoms with van der Waals surface area (Å²) in [7, 11) is -4.49. The van der Waals surface area contributed by atoms with E-state index in [0.717, 1.165) is 0 Å². The van der Waals surface area contributed by atoms with Gasteiger partial charge in [-0.3, -0.25) is 0 Å². The van der Waals surface area contributed by atoms with Gasteiger partial charge in [-0.2, -0.15) is 0 Å². The van der Waals surface area contributed by atoms with Crippen molar-refractivity contribution >= 4 is 52.8 Å². The summed E-state index contributed by atoms with van der Waals surface area (Å²) in [6.07, 6.45) is 0. The molecule has 0 N–H and O–H groups in total. The number of benzene rings is 6. The first-order chi connectivity index (χ1) is 19.3. The molecule has 0 unspecified atom stereocenters. The molecule has 3 heteroatoms. The monoisotopic (exact) mass is 535 g/mol. The lowest BCUT2D eigenvalue weighted by Gasteiger charge is -2.32. The molecule has 0 spiro atoms. The Hall–Kier alpha value is -3.76. The van der Waals surface area contributed by atoms with Gasteiger partial charge in [-0.1, -0.05) is 109 Å². The average molecular weight is 535 g/mol. The highest BCUT2D eigenvalue weighted by Crippen LogP contribution is 2.68. The van der Waals surface area contributed by atoms with Crippen LogP contribution in [-0.2, 0) is 0 Å². The van der Waals surface area contributed by atoms with Crippen molar-refractivity contribution in [3.8, 4) is 0 Å². The van der Waals surface area contributed by atoms with Gasteiger partial charge < -0.3 is 0 Å². The minimum Gasteiger partial charge on any atom is -0.0620 e. The third-order valence-corrected chi connectivity index (χ3v) is 16.8. The van der Waals surface area contributed by atoms with E-state index in [-0.39, 0.29) is 0 Å². The zero-order valence-corrected chi connectivity index (χ0v) is 23.6. The molecule has 6 aromatic rings. The van der Waals surface area contributed by atoms with Crippen LogP contribution in [-0.4, -0.2) is 6.72 Å². The Kier molecular flexibility index (Phi) is 7.56. The molecule has 0 saturated heterocycles. The molecule has 185 valence electrons. The van der Waals surface area contributed by atoms with Gasteiger partial charge in [0.1, 0.15) is 14.3 Å². The van der Waals surface area contributed by atoms with Crippen LogP contribution in [0.5, 0.6) is 0 Å². The molecular weight excluding hydrogens is 505 g/mol. The second kappa shape index (κ2) is 11.5. The molecule has 0 aliphatic carbocycles. The lowest BCUT2D eigenvalue weighted by Crippen LogP contribution is -2.43. The maximum Gasteiger partial charge on any atom is 0.623 e. The molecule has 0 aliphatic rings. The van der Waals surface area contributed by atoms with Gasteiger partial charge in [0.05, 0.1) is 31.8 Å². The van der Waals surface area contributed by atoms with Gasteiger partial charge in [-0.15, -0.1) is 0 Å². The third kappa shape index (κ3) is 4.79. The van der Waals surface area contributed by atoms with E-state index in [0.29, 0.717) is 0 Å². The number of hydrogen-bond donors (Lipinski definition) is 0. The summed E-state index contributed by atoms with van der Waals surface area (Å²) in [6.45, 7) is 2.82. The summed E-state index contributed by atoms with van der Waals surface area (Å²) in [4.78, 5) is 0. The van der Waals surface area contributed by atoms with E-state index < -0.39 is 14.3 Å². The van der Waals surface area contributed by atoms with Crippen LogP contribution >= 0.6 is 14.3 Å². The summed E-state index contributed by atoms with van der Waals surface area (Å²) in [5, 5.41) is 8.22. The van der Waals surface area contributed by atoms with Crippen molar-refractivity contribution in [2.24, 2.45) is 0 Å². The highest BCUT2D eigenvalue weighted by Gasteiger charge is 2.64. The van der Waals surface area contributed by atoms with E-state index in [2.05, 4.69) is 189 Å². The van der Waals surface area contributed by atoms with Gasteiger partial charge in [0.2, 0.25) is 0 Å².